The number of nitrogens with one attached hydrogen (secondary N) is 3. The number of ether oxygens (including phenoxy) is 1. The molecule has 0 saturated heterocycles. The van der Waals surface area contributed by atoms with Crippen LogP contribution in [0, 0.1) is 17.0 Å². The summed E-state index contributed by atoms with van der Waals surface area (Å²) in [5.74, 6) is 0.0241. The lowest BCUT2D eigenvalue weighted by Gasteiger charge is -2.21. The molecule has 3 aromatic carbocycles. The summed E-state index contributed by atoms with van der Waals surface area (Å²) in [4.78, 5) is 24.0. The van der Waals surface area contributed by atoms with Crippen LogP contribution >= 0.6 is 12.2 Å². The summed E-state index contributed by atoms with van der Waals surface area (Å²) in [5.41, 5.74) is 2.33. The van der Waals surface area contributed by atoms with E-state index in [1.54, 1.807) is 24.3 Å². The smallest absolute Gasteiger partial charge is 0.296 e. The summed E-state index contributed by atoms with van der Waals surface area (Å²) < 4.78 is 5.05. The average molecular weight is 451 g/mol. The van der Waals surface area contributed by atoms with E-state index in [2.05, 4.69) is 16.0 Å². The first kappa shape index (κ1) is 22.7. The maximum absolute atomic E-state index is 13.1. The van der Waals surface area contributed by atoms with Crippen LogP contribution in [0.15, 0.2) is 72.8 Å². The Morgan fingerprint density at radius 2 is 1.78 bits per heavy atom. The Balaban J connectivity index is 1.82. The van der Waals surface area contributed by atoms with E-state index in [0.717, 1.165) is 5.56 Å². The number of rotatable bonds is 7. The molecule has 3 rings (SSSR count). The van der Waals surface area contributed by atoms with Gasteiger partial charge in [0.1, 0.15) is 17.5 Å². The first-order valence-electron chi connectivity index (χ1n) is 9.70. The van der Waals surface area contributed by atoms with E-state index in [0.29, 0.717) is 17.0 Å². The number of nitrogens with zero attached hydrogens (tertiary/aromatic N) is 1. The number of nitro groups is 1. The van der Waals surface area contributed by atoms with Gasteiger partial charge in [0.2, 0.25) is 0 Å². The van der Waals surface area contributed by atoms with Gasteiger partial charge in [0.05, 0.1) is 18.1 Å². The first-order chi connectivity index (χ1) is 15.4. The van der Waals surface area contributed by atoms with Gasteiger partial charge in [0, 0.05) is 5.69 Å². The highest BCUT2D eigenvalue weighted by molar-refractivity contribution is 7.80. The Hall–Kier alpha value is -3.98. The standard InChI is InChI=1S/C23H22N4O4S/c1-15-7-6-10-17(13-15)24-22(28)21(16-8-4-3-5-9-16)26-23(32)25-19-12-11-18(31-2)14-20(19)27(29)30/h3-14,21H,1-2H3,(H,24,28)(H2,25,26,32). The molecule has 0 aliphatic heterocycles. The second kappa shape index (κ2) is 10.4. The minimum absolute atomic E-state index is 0.0616. The molecule has 1 atom stereocenters. The van der Waals surface area contributed by atoms with Crippen LogP contribution in [-0.2, 0) is 4.79 Å². The van der Waals surface area contributed by atoms with Gasteiger partial charge in [0.25, 0.3) is 11.6 Å². The molecule has 1 unspecified atom stereocenters. The van der Waals surface area contributed by atoms with Crippen molar-refractivity contribution in [3.05, 3.63) is 94.0 Å². The van der Waals surface area contributed by atoms with Crippen LogP contribution in [0.25, 0.3) is 0 Å². The van der Waals surface area contributed by atoms with Crippen LogP contribution in [-0.4, -0.2) is 23.1 Å². The molecule has 0 fully saturated rings. The number of methoxy groups -OCH3 is 1. The molecule has 0 bridgehead atoms. The molecular weight excluding hydrogens is 428 g/mol. The van der Waals surface area contributed by atoms with E-state index in [4.69, 9.17) is 17.0 Å². The number of carbonyl (C=O) groups excluding carboxylic acids is 1. The number of hydrogen-bond acceptors (Lipinski definition) is 5. The molecule has 3 aromatic rings. The summed E-state index contributed by atoms with van der Waals surface area (Å²) in [5, 5.41) is 20.2. The topological polar surface area (TPSA) is 106 Å². The van der Waals surface area contributed by atoms with Crippen molar-refractivity contribution in [1.29, 1.82) is 0 Å². The van der Waals surface area contributed by atoms with Gasteiger partial charge in [-0.25, -0.2) is 0 Å². The van der Waals surface area contributed by atoms with Gasteiger partial charge in [-0.1, -0.05) is 42.5 Å². The number of anilines is 2. The number of carbonyl (C=O) groups is 1. The van der Waals surface area contributed by atoms with Gasteiger partial charge in [-0.15, -0.1) is 0 Å². The summed E-state index contributed by atoms with van der Waals surface area (Å²) in [7, 11) is 1.43. The number of amides is 1. The van der Waals surface area contributed by atoms with Crippen molar-refractivity contribution in [2.24, 2.45) is 0 Å². The highest BCUT2D eigenvalue weighted by Crippen LogP contribution is 2.29. The molecule has 3 N–H and O–H groups in total. The van der Waals surface area contributed by atoms with Gasteiger partial charge >= 0.3 is 0 Å². The number of nitro benzene ring substituents is 1. The van der Waals surface area contributed by atoms with Crippen LogP contribution in [0.5, 0.6) is 5.75 Å². The van der Waals surface area contributed by atoms with Crippen LogP contribution in [0.2, 0.25) is 0 Å². The number of aryl methyl sites for hydroxylation is 1. The van der Waals surface area contributed by atoms with Crippen molar-refractivity contribution in [3.8, 4) is 5.75 Å². The van der Waals surface area contributed by atoms with Crippen molar-refractivity contribution in [1.82, 2.24) is 5.32 Å². The minimum atomic E-state index is -0.825. The molecule has 0 radical (unpaired) electrons. The lowest BCUT2D eigenvalue weighted by Crippen LogP contribution is -2.39. The SMILES string of the molecule is COc1ccc(NC(=S)NC(C(=O)Nc2cccc(C)c2)c2ccccc2)c([N+](=O)[O-])c1. The van der Waals surface area contributed by atoms with Crippen molar-refractivity contribution in [3.63, 3.8) is 0 Å². The maximum atomic E-state index is 13.1. The number of hydrogen-bond donors (Lipinski definition) is 3. The Morgan fingerprint density at radius 1 is 1.03 bits per heavy atom. The fourth-order valence-electron chi connectivity index (χ4n) is 3.07. The van der Waals surface area contributed by atoms with Crippen molar-refractivity contribution >= 4 is 40.3 Å². The Kier molecular flexibility index (Phi) is 7.35. The van der Waals surface area contributed by atoms with Gasteiger partial charge in [-0.05, 0) is 54.5 Å². The summed E-state index contributed by atoms with van der Waals surface area (Å²) in [6, 6.07) is 20.1. The second-order valence-corrected chi connectivity index (χ2v) is 7.35. The van der Waals surface area contributed by atoms with E-state index < -0.39 is 11.0 Å². The molecule has 1 amide bonds. The molecule has 164 valence electrons. The summed E-state index contributed by atoms with van der Waals surface area (Å²) >= 11 is 5.37. The van der Waals surface area contributed by atoms with E-state index in [1.807, 2.05) is 43.3 Å². The predicted octanol–water partition coefficient (Wildman–Crippen LogP) is 4.58. The second-order valence-electron chi connectivity index (χ2n) is 6.94. The van der Waals surface area contributed by atoms with E-state index in [9.17, 15) is 14.9 Å². The first-order valence-corrected chi connectivity index (χ1v) is 10.1. The van der Waals surface area contributed by atoms with Crippen molar-refractivity contribution in [2.75, 3.05) is 17.7 Å². The monoisotopic (exact) mass is 450 g/mol. The normalized spacial score (nSPS) is 11.2. The average Bonchev–Trinajstić information content (AvgIpc) is 2.78. The number of benzene rings is 3. The molecule has 8 nitrogen and oxygen atoms in total. The Morgan fingerprint density at radius 3 is 2.44 bits per heavy atom. The zero-order valence-electron chi connectivity index (χ0n) is 17.5. The van der Waals surface area contributed by atoms with E-state index >= 15 is 0 Å². The third-order valence-corrected chi connectivity index (χ3v) is 4.83. The molecule has 0 aliphatic carbocycles. The van der Waals surface area contributed by atoms with Crippen LogP contribution < -0.4 is 20.7 Å². The maximum Gasteiger partial charge on any atom is 0.296 e. The molecule has 0 saturated carbocycles. The summed E-state index contributed by atoms with van der Waals surface area (Å²) in [6.45, 7) is 1.93. The summed E-state index contributed by atoms with van der Waals surface area (Å²) in [6.07, 6.45) is 0. The highest BCUT2D eigenvalue weighted by Gasteiger charge is 2.23. The predicted molar refractivity (Wildman–Crippen MR) is 128 cm³/mol. The molecule has 0 aromatic heterocycles. The molecule has 0 heterocycles. The Labute approximate surface area is 190 Å². The van der Waals surface area contributed by atoms with E-state index in [1.165, 1.54) is 19.2 Å². The minimum Gasteiger partial charge on any atom is -0.496 e. The lowest BCUT2D eigenvalue weighted by atomic mass is 10.1. The highest BCUT2D eigenvalue weighted by atomic mass is 32.1. The van der Waals surface area contributed by atoms with Crippen LogP contribution in [0.4, 0.5) is 17.1 Å². The lowest BCUT2D eigenvalue weighted by molar-refractivity contribution is -0.384. The largest absolute Gasteiger partial charge is 0.496 e. The molecule has 32 heavy (non-hydrogen) atoms. The van der Waals surface area contributed by atoms with Gasteiger partial charge in [-0.2, -0.15) is 0 Å². The fourth-order valence-corrected chi connectivity index (χ4v) is 3.30. The van der Waals surface area contributed by atoms with Crippen molar-refractivity contribution < 1.29 is 14.5 Å². The van der Waals surface area contributed by atoms with Gasteiger partial charge in [0.15, 0.2) is 5.11 Å². The zero-order valence-corrected chi connectivity index (χ0v) is 18.3. The van der Waals surface area contributed by atoms with Crippen LogP contribution in [0.3, 0.4) is 0 Å². The third-order valence-electron chi connectivity index (χ3n) is 4.61. The number of thiocarbonyl (C=S) groups is 1. The molecule has 0 spiro atoms. The Bertz CT molecular complexity index is 1140. The molecule has 0 aliphatic rings. The fraction of sp³-hybridized carbons (Fsp3) is 0.130. The quantitative estimate of drug-likeness (QED) is 0.275. The molecular formula is C23H22N4O4S. The van der Waals surface area contributed by atoms with Crippen molar-refractivity contribution in [2.45, 2.75) is 13.0 Å². The van der Waals surface area contributed by atoms with E-state index in [-0.39, 0.29) is 22.4 Å². The van der Waals surface area contributed by atoms with Gasteiger partial charge < -0.3 is 20.7 Å². The van der Waals surface area contributed by atoms with Crippen LogP contribution in [0.1, 0.15) is 17.2 Å². The third kappa shape index (κ3) is 5.79. The van der Waals surface area contributed by atoms with Gasteiger partial charge in [-0.3, -0.25) is 14.9 Å². The zero-order chi connectivity index (χ0) is 23.1. The molecule has 9 heteroatoms.